The quantitative estimate of drug-likeness (QED) is 0.514. The molecule has 0 rings (SSSR count). The summed E-state index contributed by atoms with van der Waals surface area (Å²) in [4.78, 5) is 7.63. The zero-order chi connectivity index (χ0) is 7.11. The topological polar surface area (TPSA) is 24.7 Å². The van der Waals surface area contributed by atoms with Crippen molar-refractivity contribution in [2.75, 3.05) is 0 Å². The van der Waals surface area contributed by atoms with Gasteiger partial charge in [-0.1, -0.05) is 6.92 Å². The molecule has 0 bridgehead atoms. The molecular formula is C7H12N2. The molecule has 2 nitrogen and oxygen atoms in total. The number of hydrogen-bond acceptors (Lipinski definition) is 2. The molecule has 0 aromatic heterocycles. The van der Waals surface area contributed by atoms with Gasteiger partial charge in [0.1, 0.15) is 0 Å². The minimum atomic E-state index is 0.906. The van der Waals surface area contributed by atoms with Crippen LogP contribution in [-0.4, -0.2) is 12.9 Å². The molecule has 0 aliphatic heterocycles. The molecule has 0 saturated heterocycles. The molecule has 0 N–H and O–H groups in total. The predicted octanol–water partition coefficient (Wildman–Crippen LogP) is 2.03. The third-order valence-electron chi connectivity index (χ3n) is 0.897. The summed E-state index contributed by atoms with van der Waals surface area (Å²) in [7, 11) is 0. The van der Waals surface area contributed by atoms with Crippen molar-refractivity contribution in [3.63, 3.8) is 0 Å². The van der Waals surface area contributed by atoms with E-state index in [9.17, 15) is 0 Å². The van der Waals surface area contributed by atoms with Crippen molar-refractivity contribution in [1.82, 2.24) is 0 Å². The van der Waals surface area contributed by atoms with Gasteiger partial charge in [-0.25, -0.2) is 0 Å². The average molecular weight is 124 g/mol. The van der Waals surface area contributed by atoms with Crippen molar-refractivity contribution in [2.24, 2.45) is 9.98 Å². The molecule has 9 heavy (non-hydrogen) atoms. The Morgan fingerprint density at radius 2 is 2.33 bits per heavy atom. The van der Waals surface area contributed by atoms with Crippen LogP contribution in [0, 0.1) is 0 Å². The predicted molar refractivity (Wildman–Crippen MR) is 42.1 cm³/mol. The van der Waals surface area contributed by atoms with Gasteiger partial charge in [-0.2, -0.15) is 0 Å². The van der Waals surface area contributed by atoms with E-state index in [2.05, 4.69) is 16.7 Å². The first-order valence-electron chi connectivity index (χ1n) is 2.98. The van der Waals surface area contributed by atoms with Crippen LogP contribution in [0.2, 0.25) is 0 Å². The van der Waals surface area contributed by atoms with Gasteiger partial charge >= 0.3 is 0 Å². The van der Waals surface area contributed by atoms with Crippen LogP contribution in [0.3, 0.4) is 0 Å². The maximum Gasteiger partial charge on any atom is 0.0578 e. The Labute approximate surface area is 56.0 Å². The fourth-order valence-corrected chi connectivity index (χ4v) is 0.487. The maximum absolute atomic E-state index is 4.03. The van der Waals surface area contributed by atoms with Gasteiger partial charge < -0.3 is 0 Å². The number of nitrogens with zero attached hydrogens (tertiary/aromatic N) is 2. The van der Waals surface area contributed by atoms with E-state index < -0.39 is 0 Å². The van der Waals surface area contributed by atoms with E-state index >= 15 is 0 Å². The lowest BCUT2D eigenvalue weighted by Crippen LogP contribution is -1.73. The lowest BCUT2D eigenvalue weighted by molar-refractivity contribution is 1.06. The van der Waals surface area contributed by atoms with Gasteiger partial charge in [-0.3, -0.25) is 9.98 Å². The molecule has 0 fully saturated rings. The van der Waals surface area contributed by atoms with Gasteiger partial charge in [0, 0.05) is 12.4 Å². The summed E-state index contributed by atoms with van der Waals surface area (Å²) in [5.74, 6) is 0. The second-order valence-electron chi connectivity index (χ2n) is 1.54. The Bertz CT molecular complexity index is 134. The Morgan fingerprint density at radius 1 is 1.67 bits per heavy atom. The van der Waals surface area contributed by atoms with Crippen molar-refractivity contribution in [3.05, 3.63) is 11.9 Å². The van der Waals surface area contributed by atoms with E-state index in [4.69, 9.17) is 0 Å². The van der Waals surface area contributed by atoms with Gasteiger partial charge in [-0.15, -0.1) is 0 Å². The molecule has 0 aliphatic rings. The van der Waals surface area contributed by atoms with E-state index in [1.54, 1.807) is 12.4 Å². The van der Waals surface area contributed by atoms with Crippen LogP contribution < -0.4 is 0 Å². The molecule has 0 aromatic carbocycles. The SMILES string of the molecule is C=N/C=C(CC)\N=C/C. The second-order valence-corrected chi connectivity index (χ2v) is 1.54. The standard InChI is InChI=1S/C7H12N2/c1-4-7(6-8-3)9-5-2/h5-6H,3-4H2,1-2H3/b7-6-,9-5-. The molecule has 50 valence electrons. The summed E-state index contributed by atoms with van der Waals surface area (Å²) in [5, 5.41) is 0. The van der Waals surface area contributed by atoms with Gasteiger partial charge in [0.25, 0.3) is 0 Å². The normalized spacial score (nSPS) is 12.4. The third-order valence-corrected chi connectivity index (χ3v) is 0.897. The molecule has 2 heteroatoms. The average Bonchev–Trinajstić information content (AvgIpc) is 1.88. The summed E-state index contributed by atoms with van der Waals surface area (Å²) < 4.78 is 0. The van der Waals surface area contributed by atoms with E-state index in [0.29, 0.717) is 0 Å². The largest absolute Gasteiger partial charge is 0.271 e. The number of rotatable bonds is 3. The first-order valence-corrected chi connectivity index (χ1v) is 2.98. The highest BCUT2D eigenvalue weighted by molar-refractivity contribution is 5.55. The number of allylic oxidation sites excluding steroid dienone is 1. The fraction of sp³-hybridized carbons (Fsp3) is 0.429. The van der Waals surface area contributed by atoms with Crippen LogP contribution in [0.4, 0.5) is 0 Å². The molecule has 0 radical (unpaired) electrons. The highest BCUT2D eigenvalue weighted by atomic mass is 14.8. The molecule has 0 aliphatic carbocycles. The van der Waals surface area contributed by atoms with Crippen molar-refractivity contribution < 1.29 is 0 Å². The van der Waals surface area contributed by atoms with Crippen molar-refractivity contribution in [1.29, 1.82) is 0 Å². The van der Waals surface area contributed by atoms with Crippen molar-refractivity contribution in [3.8, 4) is 0 Å². The van der Waals surface area contributed by atoms with E-state index in [1.807, 2.05) is 13.8 Å². The van der Waals surface area contributed by atoms with Crippen LogP contribution in [-0.2, 0) is 0 Å². The van der Waals surface area contributed by atoms with Gasteiger partial charge in [0.2, 0.25) is 0 Å². The van der Waals surface area contributed by atoms with Crippen LogP contribution in [0.15, 0.2) is 21.9 Å². The van der Waals surface area contributed by atoms with Crippen molar-refractivity contribution in [2.45, 2.75) is 20.3 Å². The summed E-state index contributed by atoms with van der Waals surface area (Å²) in [6.45, 7) is 7.24. The molecule has 0 heterocycles. The lowest BCUT2D eigenvalue weighted by atomic mass is 10.4. The van der Waals surface area contributed by atoms with Gasteiger partial charge in [0.05, 0.1) is 5.70 Å². The highest BCUT2D eigenvalue weighted by Gasteiger charge is 1.83. The highest BCUT2D eigenvalue weighted by Crippen LogP contribution is 2.00. The zero-order valence-corrected chi connectivity index (χ0v) is 5.96. The maximum atomic E-state index is 4.03. The zero-order valence-electron chi connectivity index (χ0n) is 5.96. The van der Waals surface area contributed by atoms with Crippen LogP contribution in [0.25, 0.3) is 0 Å². The minimum absolute atomic E-state index is 0.906. The smallest absolute Gasteiger partial charge is 0.0578 e. The molecule has 0 saturated carbocycles. The summed E-state index contributed by atoms with van der Waals surface area (Å²) in [6, 6.07) is 0. The van der Waals surface area contributed by atoms with E-state index in [-0.39, 0.29) is 0 Å². The summed E-state index contributed by atoms with van der Waals surface area (Å²) in [5.41, 5.74) is 0.965. The Balaban J connectivity index is 3.96. The molecule has 0 aromatic rings. The number of hydrogen-bond donors (Lipinski definition) is 0. The Morgan fingerprint density at radius 3 is 2.67 bits per heavy atom. The van der Waals surface area contributed by atoms with Gasteiger partial charge in [0.15, 0.2) is 0 Å². The summed E-state index contributed by atoms with van der Waals surface area (Å²) >= 11 is 0. The van der Waals surface area contributed by atoms with Crippen LogP contribution >= 0.6 is 0 Å². The monoisotopic (exact) mass is 124 g/mol. The minimum Gasteiger partial charge on any atom is -0.271 e. The van der Waals surface area contributed by atoms with E-state index in [0.717, 1.165) is 12.1 Å². The Kier molecular flexibility index (Phi) is 4.69. The van der Waals surface area contributed by atoms with E-state index in [1.165, 1.54) is 0 Å². The molecule has 0 unspecified atom stereocenters. The molecule has 0 atom stereocenters. The van der Waals surface area contributed by atoms with Crippen molar-refractivity contribution >= 4 is 12.9 Å². The lowest BCUT2D eigenvalue weighted by Gasteiger charge is -1.89. The fourth-order valence-electron chi connectivity index (χ4n) is 0.487. The van der Waals surface area contributed by atoms with Crippen LogP contribution in [0.5, 0.6) is 0 Å². The molecule has 0 amide bonds. The Hall–Kier alpha value is -0.920. The number of aliphatic imine (C=N–C) groups is 2. The van der Waals surface area contributed by atoms with Crippen LogP contribution in [0.1, 0.15) is 20.3 Å². The molecule has 0 spiro atoms. The third kappa shape index (κ3) is 3.64. The summed E-state index contributed by atoms with van der Waals surface area (Å²) in [6.07, 6.45) is 4.32. The van der Waals surface area contributed by atoms with Gasteiger partial charge in [-0.05, 0) is 20.1 Å². The first-order chi connectivity index (χ1) is 4.35. The second kappa shape index (κ2) is 5.22. The molecular weight excluding hydrogens is 112 g/mol. The first kappa shape index (κ1) is 8.08.